The Bertz CT molecular complexity index is 1050. The summed E-state index contributed by atoms with van der Waals surface area (Å²) < 4.78 is 5.25. The maximum absolute atomic E-state index is 12.6. The topological polar surface area (TPSA) is 84.5 Å². The van der Waals surface area contributed by atoms with Crippen LogP contribution in [0, 0.1) is 0 Å². The number of benzene rings is 3. The van der Waals surface area contributed by atoms with Gasteiger partial charge < -0.3 is 15.4 Å². The Labute approximate surface area is 194 Å². The molecule has 0 aromatic heterocycles. The summed E-state index contributed by atoms with van der Waals surface area (Å²) in [6.07, 6.45) is 2.33. The van der Waals surface area contributed by atoms with Crippen molar-refractivity contribution in [1.29, 1.82) is 0 Å². The van der Waals surface area contributed by atoms with Gasteiger partial charge in [-0.3, -0.25) is 14.4 Å². The molecular weight excluding hydrogens is 416 g/mol. The molecule has 2 N–H and O–H groups in total. The van der Waals surface area contributed by atoms with E-state index in [1.807, 2.05) is 48.5 Å². The average molecular weight is 445 g/mol. The number of carbonyl (C=O) groups excluding carboxylic acids is 3. The number of carbonyl (C=O) groups is 3. The van der Waals surface area contributed by atoms with Crippen LogP contribution in [-0.4, -0.2) is 24.4 Å². The molecular formula is C27H28N2O4. The highest BCUT2D eigenvalue weighted by Gasteiger charge is 2.14. The van der Waals surface area contributed by atoms with Gasteiger partial charge in [-0.1, -0.05) is 60.7 Å². The summed E-state index contributed by atoms with van der Waals surface area (Å²) >= 11 is 0. The van der Waals surface area contributed by atoms with E-state index in [1.165, 1.54) is 5.56 Å². The van der Waals surface area contributed by atoms with Gasteiger partial charge in [-0.25, -0.2) is 0 Å². The predicted molar refractivity (Wildman–Crippen MR) is 129 cm³/mol. The molecule has 0 aliphatic heterocycles. The van der Waals surface area contributed by atoms with Crippen LogP contribution >= 0.6 is 0 Å². The second kappa shape index (κ2) is 12.8. The van der Waals surface area contributed by atoms with E-state index in [4.69, 9.17) is 4.74 Å². The lowest BCUT2D eigenvalue weighted by atomic mass is 10.1. The minimum atomic E-state index is -0.309. The van der Waals surface area contributed by atoms with Crippen molar-refractivity contribution in [2.24, 2.45) is 0 Å². The number of aryl methyl sites for hydroxylation is 1. The molecule has 3 aromatic carbocycles. The van der Waals surface area contributed by atoms with Crippen molar-refractivity contribution in [2.75, 3.05) is 17.2 Å². The fourth-order valence-corrected chi connectivity index (χ4v) is 3.30. The molecule has 0 bridgehead atoms. The largest absolute Gasteiger partial charge is 0.466 e. The first-order valence-corrected chi connectivity index (χ1v) is 11.1. The average Bonchev–Trinajstić information content (AvgIpc) is 2.83. The zero-order chi connectivity index (χ0) is 23.3. The van der Waals surface area contributed by atoms with Crippen molar-refractivity contribution in [3.8, 4) is 0 Å². The Morgan fingerprint density at radius 3 is 2.12 bits per heavy atom. The Hall–Kier alpha value is -3.93. The number of rotatable bonds is 11. The molecule has 0 atom stereocenters. The number of hydrogen-bond acceptors (Lipinski definition) is 4. The highest BCUT2D eigenvalue weighted by molar-refractivity contribution is 6.10. The Balaban J connectivity index is 1.38. The number of para-hydroxylation sites is 2. The van der Waals surface area contributed by atoms with Crippen LogP contribution in [-0.2, 0) is 20.7 Å². The van der Waals surface area contributed by atoms with Crippen LogP contribution in [0.1, 0.15) is 41.6 Å². The molecule has 0 unspecified atom stereocenters. The molecule has 3 rings (SSSR count). The molecule has 170 valence electrons. The van der Waals surface area contributed by atoms with Crippen LogP contribution in [0.2, 0.25) is 0 Å². The summed E-state index contributed by atoms with van der Waals surface area (Å²) in [5.41, 5.74) is 2.68. The van der Waals surface area contributed by atoms with Crippen molar-refractivity contribution in [2.45, 2.75) is 32.1 Å². The van der Waals surface area contributed by atoms with Crippen molar-refractivity contribution in [1.82, 2.24) is 0 Å². The van der Waals surface area contributed by atoms with Gasteiger partial charge in [0, 0.05) is 18.5 Å². The zero-order valence-corrected chi connectivity index (χ0v) is 18.5. The van der Waals surface area contributed by atoms with Gasteiger partial charge >= 0.3 is 5.97 Å². The van der Waals surface area contributed by atoms with Crippen molar-refractivity contribution < 1.29 is 19.1 Å². The lowest BCUT2D eigenvalue weighted by molar-refractivity contribution is -0.143. The maximum atomic E-state index is 12.6. The third kappa shape index (κ3) is 8.26. The quantitative estimate of drug-likeness (QED) is 0.314. The molecule has 0 saturated carbocycles. The minimum absolute atomic E-state index is 0.160. The van der Waals surface area contributed by atoms with Gasteiger partial charge in [-0.2, -0.15) is 0 Å². The zero-order valence-electron chi connectivity index (χ0n) is 18.5. The highest BCUT2D eigenvalue weighted by Crippen LogP contribution is 2.18. The summed E-state index contributed by atoms with van der Waals surface area (Å²) in [6.45, 7) is 0.365. The Kier molecular flexibility index (Phi) is 9.21. The van der Waals surface area contributed by atoms with Gasteiger partial charge in [-0.15, -0.1) is 0 Å². The molecule has 0 heterocycles. The second-order valence-electron chi connectivity index (χ2n) is 7.58. The van der Waals surface area contributed by atoms with Crippen LogP contribution in [0.3, 0.4) is 0 Å². The summed E-state index contributed by atoms with van der Waals surface area (Å²) in [7, 11) is 0. The molecule has 0 radical (unpaired) electrons. The van der Waals surface area contributed by atoms with E-state index in [-0.39, 0.29) is 30.6 Å². The SMILES string of the molecule is O=C(CCCC(=O)OCCCc1ccccc1)Nc1ccccc1C(=O)Nc1ccccc1. The lowest BCUT2D eigenvalue weighted by Crippen LogP contribution is -2.18. The number of esters is 1. The number of amides is 2. The second-order valence-corrected chi connectivity index (χ2v) is 7.58. The molecule has 0 spiro atoms. The van der Waals surface area contributed by atoms with E-state index >= 15 is 0 Å². The molecule has 0 saturated heterocycles. The molecule has 0 aliphatic carbocycles. The first-order chi connectivity index (χ1) is 16.1. The van der Waals surface area contributed by atoms with Crippen LogP contribution < -0.4 is 10.6 Å². The Morgan fingerprint density at radius 2 is 1.36 bits per heavy atom. The normalized spacial score (nSPS) is 10.3. The first kappa shape index (κ1) is 23.7. The number of hydrogen-bond donors (Lipinski definition) is 2. The van der Waals surface area contributed by atoms with Crippen LogP contribution in [0.4, 0.5) is 11.4 Å². The van der Waals surface area contributed by atoms with Gasteiger partial charge in [0.05, 0.1) is 17.9 Å². The first-order valence-electron chi connectivity index (χ1n) is 11.1. The monoisotopic (exact) mass is 444 g/mol. The third-order valence-electron chi connectivity index (χ3n) is 4.98. The molecule has 0 fully saturated rings. The fourth-order valence-electron chi connectivity index (χ4n) is 3.30. The van der Waals surface area contributed by atoms with Crippen molar-refractivity contribution >= 4 is 29.2 Å². The van der Waals surface area contributed by atoms with Crippen molar-refractivity contribution in [3.05, 3.63) is 96.1 Å². The van der Waals surface area contributed by atoms with E-state index in [0.29, 0.717) is 30.0 Å². The fraction of sp³-hybridized carbons (Fsp3) is 0.222. The molecule has 3 aromatic rings. The van der Waals surface area contributed by atoms with Gasteiger partial charge in [-0.05, 0) is 49.1 Å². The van der Waals surface area contributed by atoms with Crippen LogP contribution in [0.5, 0.6) is 0 Å². The molecule has 0 aliphatic rings. The summed E-state index contributed by atoms with van der Waals surface area (Å²) in [5.74, 6) is -0.874. The number of ether oxygens (including phenoxy) is 1. The van der Waals surface area contributed by atoms with E-state index in [0.717, 1.165) is 12.8 Å². The highest BCUT2D eigenvalue weighted by atomic mass is 16.5. The third-order valence-corrected chi connectivity index (χ3v) is 4.98. The lowest BCUT2D eigenvalue weighted by Gasteiger charge is -2.11. The summed E-state index contributed by atoms with van der Waals surface area (Å²) in [4.78, 5) is 36.9. The number of nitrogens with one attached hydrogen (secondary N) is 2. The standard InChI is InChI=1S/C27H28N2O4/c30-25(18-9-19-26(31)33-20-10-13-21-11-3-1-4-12-21)29-24-17-8-7-16-23(24)27(32)28-22-14-5-2-6-15-22/h1-8,11-12,14-17H,9-10,13,18-20H2,(H,28,32)(H,29,30). The van der Waals surface area contributed by atoms with Gasteiger partial charge in [0.1, 0.15) is 0 Å². The number of anilines is 2. The summed E-state index contributed by atoms with van der Waals surface area (Å²) in [6, 6.07) is 26.0. The van der Waals surface area contributed by atoms with Gasteiger partial charge in [0.25, 0.3) is 5.91 Å². The molecule has 2 amide bonds. The van der Waals surface area contributed by atoms with E-state index in [1.54, 1.807) is 36.4 Å². The molecule has 6 nitrogen and oxygen atoms in total. The molecule has 33 heavy (non-hydrogen) atoms. The maximum Gasteiger partial charge on any atom is 0.305 e. The smallest absolute Gasteiger partial charge is 0.305 e. The van der Waals surface area contributed by atoms with Crippen molar-refractivity contribution in [3.63, 3.8) is 0 Å². The van der Waals surface area contributed by atoms with Gasteiger partial charge in [0.2, 0.25) is 5.91 Å². The minimum Gasteiger partial charge on any atom is -0.466 e. The van der Waals surface area contributed by atoms with E-state index in [9.17, 15) is 14.4 Å². The molecule has 6 heteroatoms. The van der Waals surface area contributed by atoms with Gasteiger partial charge in [0.15, 0.2) is 0 Å². The Morgan fingerprint density at radius 1 is 0.697 bits per heavy atom. The van der Waals surface area contributed by atoms with E-state index in [2.05, 4.69) is 10.6 Å². The van der Waals surface area contributed by atoms with Crippen LogP contribution in [0.25, 0.3) is 0 Å². The van der Waals surface area contributed by atoms with Crippen LogP contribution in [0.15, 0.2) is 84.9 Å². The summed E-state index contributed by atoms with van der Waals surface area (Å²) in [5, 5.41) is 5.58. The predicted octanol–water partition coefficient (Wildman–Crippen LogP) is 5.22. The van der Waals surface area contributed by atoms with E-state index < -0.39 is 0 Å².